The maximum Gasteiger partial charge on any atom is 0.229 e. The van der Waals surface area contributed by atoms with E-state index >= 15 is 0 Å². The minimum atomic E-state index is -0.179. The van der Waals surface area contributed by atoms with Gasteiger partial charge in [-0.1, -0.05) is 24.6 Å². The van der Waals surface area contributed by atoms with Crippen molar-refractivity contribution in [2.75, 3.05) is 5.32 Å². The Kier molecular flexibility index (Phi) is 4.68. The number of anilines is 1. The molecule has 0 bridgehead atoms. The molecule has 0 aliphatic carbocycles. The van der Waals surface area contributed by atoms with E-state index in [1.807, 2.05) is 50.6 Å². The summed E-state index contributed by atoms with van der Waals surface area (Å²) in [5.41, 5.74) is 3.77. The summed E-state index contributed by atoms with van der Waals surface area (Å²) in [6.07, 6.45) is 0. The average Bonchev–Trinajstić information content (AvgIpc) is 2.72. The molecule has 112 valence electrons. The maximum absolute atomic E-state index is 12.3. The van der Waals surface area contributed by atoms with Gasteiger partial charge in [0.1, 0.15) is 0 Å². The molecule has 1 N–H and O–H groups in total. The zero-order valence-electron chi connectivity index (χ0n) is 12.8. The molecule has 21 heavy (non-hydrogen) atoms. The van der Waals surface area contributed by atoms with Crippen molar-refractivity contribution in [3.05, 3.63) is 46.2 Å². The van der Waals surface area contributed by atoms with Gasteiger partial charge in [-0.05, 0) is 44.5 Å². The molecule has 0 spiro atoms. The molecule has 0 radical (unpaired) electrons. The van der Waals surface area contributed by atoms with E-state index in [0.717, 1.165) is 22.6 Å². The number of rotatable bonds is 4. The molecule has 1 heterocycles. The Balaban J connectivity index is 2.06. The molecular formula is C16H20ClN3O. The normalized spacial score (nSPS) is 12.2. The second-order valence-electron chi connectivity index (χ2n) is 5.46. The fraction of sp³-hybridized carbons (Fsp3) is 0.375. The van der Waals surface area contributed by atoms with E-state index < -0.39 is 0 Å². The number of carbonyl (C=O) groups is 1. The Labute approximate surface area is 130 Å². The van der Waals surface area contributed by atoms with Crippen LogP contribution in [0, 0.1) is 26.7 Å². The Morgan fingerprint density at radius 3 is 2.67 bits per heavy atom. The van der Waals surface area contributed by atoms with Gasteiger partial charge in [-0.15, -0.1) is 0 Å². The van der Waals surface area contributed by atoms with Gasteiger partial charge < -0.3 is 5.32 Å². The number of aryl methyl sites for hydroxylation is 3. The van der Waals surface area contributed by atoms with E-state index in [-0.39, 0.29) is 11.8 Å². The molecule has 0 saturated heterocycles. The average molecular weight is 306 g/mol. The Hall–Kier alpha value is -1.81. The molecule has 1 atom stereocenters. The van der Waals surface area contributed by atoms with Crippen molar-refractivity contribution in [1.29, 1.82) is 0 Å². The lowest BCUT2D eigenvalue weighted by atomic mass is 10.1. The predicted molar refractivity (Wildman–Crippen MR) is 85.7 cm³/mol. The molecule has 1 aromatic heterocycles. The van der Waals surface area contributed by atoms with Crippen LogP contribution in [0.25, 0.3) is 0 Å². The topological polar surface area (TPSA) is 46.9 Å². The van der Waals surface area contributed by atoms with Gasteiger partial charge in [0.05, 0.1) is 18.2 Å². The highest BCUT2D eigenvalue weighted by Crippen LogP contribution is 2.21. The Bertz CT molecular complexity index is 664. The van der Waals surface area contributed by atoms with Crippen LogP contribution in [0.4, 0.5) is 5.69 Å². The van der Waals surface area contributed by atoms with Gasteiger partial charge in [0, 0.05) is 16.4 Å². The smallest absolute Gasteiger partial charge is 0.229 e. The summed E-state index contributed by atoms with van der Waals surface area (Å²) < 4.78 is 1.87. The first kappa shape index (κ1) is 15.6. The monoisotopic (exact) mass is 305 g/mol. The fourth-order valence-electron chi connectivity index (χ4n) is 2.19. The van der Waals surface area contributed by atoms with Gasteiger partial charge in [0.25, 0.3) is 0 Å². The van der Waals surface area contributed by atoms with E-state index in [4.69, 9.17) is 11.6 Å². The highest BCUT2D eigenvalue weighted by Gasteiger charge is 2.16. The van der Waals surface area contributed by atoms with Crippen LogP contribution in [0.5, 0.6) is 0 Å². The van der Waals surface area contributed by atoms with Crippen molar-refractivity contribution in [3.8, 4) is 0 Å². The largest absolute Gasteiger partial charge is 0.326 e. The number of benzene rings is 1. The minimum absolute atomic E-state index is 0.0343. The Morgan fingerprint density at radius 2 is 2.05 bits per heavy atom. The molecule has 2 aromatic rings. The van der Waals surface area contributed by atoms with Crippen LogP contribution in [-0.2, 0) is 11.3 Å². The van der Waals surface area contributed by atoms with Crippen molar-refractivity contribution in [3.63, 3.8) is 0 Å². The number of nitrogens with one attached hydrogen (secondary N) is 1. The molecule has 2 rings (SSSR count). The molecular weight excluding hydrogens is 286 g/mol. The van der Waals surface area contributed by atoms with Crippen LogP contribution >= 0.6 is 11.6 Å². The number of nitrogens with zero attached hydrogens (tertiary/aromatic N) is 2. The first-order valence-electron chi connectivity index (χ1n) is 6.95. The van der Waals surface area contributed by atoms with Crippen molar-refractivity contribution < 1.29 is 4.79 Å². The second-order valence-corrected chi connectivity index (χ2v) is 5.90. The molecule has 0 unspecified atom stereocenters. The zero-order valence-corrected chi connectivity index (χ0v) is 13.5. The van der Waals surface area contributed by atoms with Gasteiger partial charge in [-0.3, -0.25) is 9.48 Å². The third-order valence-electron chi connectivity index (χ3n) is 3.46. The third-order valence-corrected chi connectivity index (χ3v) is 3.69. The molecule has 5 heteroatoms. The lowest BCUT2D eigenvalue weighted by molar-refractivity contribution is -0.119. The van der Waals surface area contributed by atoms with Gasteiger partial charge in [0.15, 0.2) is 0 Å². The first-order valence-corrected chi connectivity index (χ1v) is 7.32. The van der Waals surface area contributed by atoms with Gasteiger partial charge in [-0.25, -0.2) is 0 Å². The maximum atomic E-state index is 12.3. The van der Waals surface area contributed by atoms with Crippen LogP contribution in [0.1, 0.15) is 23.9 Å². The van der Waals surface area contributed by atoms with Crippen molar-refractivity contribution in [1.82, 2.24) is 9.78 Å². The fourth-order valence-corrected chi connectivity index (χ4v) is 2.36. The van der Waals surface area contributed by atoms with Gasteiger partial charge in [-0.2, -0.15) is 5.10 Å². The first-order chi connectivity index (χ1) is 9.86. The van der Waals surface area contributed by atoms with Crippen LogP contribution in [0.15, 0.2) is 24.3 Å². The summed E-state index contributed by atoms with van der Waals surface area (Å²) in [6.45, 7) is 8.34. The van der Waals surface area contributed by atoms with Crippen LogP contribution in [0.3, 0.4) is 0 Å². The molecule has 0 aliphatic heterocycles. The van der Waals surface area contributed by atoms with Crippen LogP contribution in [0.2, 0.25) is 5.02 Å². The number of carbonyl (C=O) groups excluding carboxylic acids is 1. The summed E-state index contributed by atoms with van der Waals surface area (Å²) in [7, 11) is 0. The number of aromatic nitrogens is 2. The van der Waals surface area contributed by atoms with Crippen LogP contribution in [-0.4, -0.2) is 15.7 Å². The number of amides is 1. The van der Waals surface area contributed by atoms with E-state index in [1.54, 1.807) is 6.07 Å². The van der Waals surface area contributed by atoms with E-state index in [1.165, 1.54) is 0 Å². The third kappa shape index (κ3) is 3.85. The van der Waals surface area contributed by atoms with Gasteiger partial charge >= 0.3 is 0 Å². The van der Waals surface area contributed by atoms with Crippen molar-refractivity contribution >= 4 is 23.2 Å². The summed E-state index contributed by atoms with van der Waals surface area (Å²) in [5, 5.41) is 7.93. The van der Waals surface area contributed by atoms with E-state index in [2.05, 4.69) is 10.4 Å². The highest BCUT2D eigenvalue weighted by molar-refractivity contribution is 6.31. The molecule has 1 aromatic carbocycles. The number of halogens is 1. The minimum Gasteiger partial charge on any atom is -0.326 e. The van der Waals surface area contributed by atoms with Gasteiger partial charge in [0.2, 0.25) is 5.91 Å². The lowest BCUT2D eigenvalue weighted by Gasteiger charge is -2.15. The van der Waals surface area contributed by atoms with E-state index in [0.29, 0.717) is 11.6 Å². The van der Waals surface area contributed by atoms with Crippen molar-refractivity contribution in [2.24, 2.45) is 5.92 Å². The standard InChI is InChI=1S/C16H20ClN3O/c1-10-5-6-14(17)8-15(10)18-16(21)11(2)9-20-13(4)7-12(3)19-20/h5-8,11H,9H2,1-4H3,(H,18,21)/t11-/m1/s1. The summed E-state index contributed by atoms with van der Waals surface area (Å²) in [5.74, 6) is -0.214. The predicted octanol–water partition coefficient (Wildman–Crippen LogP) is 3.74. The number of hydrogen-bond acceptors (Lipinski definition) is 2. The lowest BCUT2D eigenvalue weighted by Crippen LogP contribution is -2.25. The summed E-state index contributed by atoms with van der Waals surface area (Å²) in [4.78, 5) is 12.3. The van der Waals surface area contributed by atoms with Crippen molar-refractivity contribution in [2.45, 2.75) is 34.2 Å². The summed E-state index contributed by atoms with van der Waals surface area (Å²) in [6, 6.07) is 7.48. The van der Waals surface area contributed by atoms with Crippen LogP contribution < -0.4 is 5.32 Å². The zero-order chi connectivity index (χ0) is 15.6. The molecule has 0 fully saturated rings. The second kappa shape index (κ2) is 6.31. The highest BCUT2D eigenvalue weighted by atomic mass is 35.5. The molecule has 1 amide bonds. The van der Waals surface area contributed by atoms with E-state index in [9.17, 15) is 4.79 Å². The molecule has 0 aliphatic rings. The molecule has 0 saturated carbocycles. The summed E-state index contributed by atoms with van der Waals surface area (Å²) >= 11 is 5.97. The Morgan fingerprint density at radius 1 is 1.33 bits per heavy atom. The SMILES string of the molecule is Cc1cc(C)n(C[C@@H](C)C(=O)Nc2cc(Cl)ccc2C)n1. The number of hydrogen-bond donors (Lipinski definition) is 1. The molecule has 4 nitrogen and oxygen atoms in total. The quantitative estimate of drug-likeness (QED) is 0.935.